The largest absolute Gasteiger partial charge is 0.494 e. The van der Waals surface area contributed by atoms with E-state index in [1.165, 1.54) is 11.6 Å². The molecule has 0 aliphatic rings. The highest BCUT2D eigenvalue weighted by molar-refractivity contribution is 7.84. The van der Waals surface area contributed by atoms with Crippen LogP contribution in [0.5, 0.6) is 11.5 Å². The number of hydrogen-bond donors (Lipinski definition) is 1. The van der Waals surface area contributed by atoms with Gasteiger partial charge in [0.1, 0.15) is 5.75 Å². The predicted molar refractivity (Wildman–Crippen MR) is 101 cm³/mol. The van der Waals surface area contributed by atoms with Crippen molar-refractivity contribution in [1.82, 2.24) is 4.98 Å². The Labute approximate surface area is 150 Å². The van der Waals surface area contributed by atoms with Crippen LogP contribution in [0.1, 0.15) is 31.0 Å². The van der Waals surface area contributed by atoms with E-state index in [4.69, 9.17) is 9.47 Å². The van der Waals surface area contributed by atoms with Gasteiger partial charge in [-0.1, -0.05) is 24.6 Å². The smallest absolute Gasteiger partial charge is 0.223 e. The lowest BCUT2D eigenvalue weighted by Crippen LogP contribution is -2.12. The highest BCUT2D eigenvalue weighted by Crippen LogP contribution is 2.12. The maximum absolute atomic E-state index is 12.1. The lowest BCUT2D eigenvalue weighted by Gasteiger charge is -2.07. The summed E-state index contributed by atoms with van der Waals surface area (Å²) in [6, 6.07) is 9.32. The molecule has 1 unspecified atom stereocenters. The van der Waals surface area contributed by atoms with Crippen molar-refractivity contribution in [2.45, 2.75) is 32.4 Å². The van der Waals surface area contributed by atoms with Crippen LogP contribution >= 0.6 is 0 Å². The zero-order valence-electron chi connectivity index (χ0n) is 14.7. The molecule has 2 aromatic rings. The van der Waals surface area contributed by atoms with Crippen LogP contribution in [0.2, 0.25) is 0 Å². The normalized spacial score (nSPS) is 11.9. The predicted octanol–water partition coefficient (Wildman–Crippen LogP) is 3.19. The molecular formula is C19H25NO4S. The van der Waals surface area contributed by atoms with Gasteiger partial charge >= 0.3 is 0 Å². The second kappa shape index (κ2) is 10.0. The molecule has 1 aromatic heterocycles. The van der Waals surface area contributed by atoms with Crippen molar-refractivity contribution < 1.29 is 13.7 Å². The van der Waals surface area contributed by atoms with Crippen LogP contribution in [0.15, 0.2) is 41.3 Å². The van der Waals surface area contributed by atoms with Crippen molar-refractivity contribution in [3.05, 3.63) is 58.0 Å². The van der Waals surface area contributed by atoms with E-state index in [0.717, 1.165) is 12.2 Å². The van der Waals surface area contributed by atoms with E-state index in [-0.39, 0.29) is 5.43 Å². The number of ether oxygens (including phenoxy) is 2. The molecule has 0 amide bonds. The van der Waals surface area contributed by atoms with Crippen molar-refractivity contribution in [2.75, 3.05) is 19.0 Å². The molecule has 5 nitrogen and oxygen atoms in total. The van der Waals surface area contributed by atoms with E-state index in [9.17, 15) is 9.00 Å². The van der Waals surface area contributed by atoms with E-state index in [2.05, 4.69) is 4.98 Å². The fourth-order valence-electron chi connectivity index (χ4n) is 2.20. The Balaban J connectivity index is 1.73. The molecular weight excluding hydrogens is 338 g/mol. The number of aromatic nitrogens is 1. The molecule has 0 aliphatic heterocycles. The molecule has 1 aromatic carbocycles. The van der Waals surface area contributed by atoms with Crippen LogP contribution in [-0.4, -0.2) is 28.2 Å². The summed E-state index contributed by atoms with van der Waals surface area (Å²) in [6.07, 6.45) is 3.09. The SMILES string of the molecule is CCCOc1c[nH]c(CS(=O)CCCOc2ccc(C)cc2)cc1=O. The molecule has 0 bridgehead atoms. The summed E-state index contributed by atoms with van der Waals surface area (Å²) in [4.78, 5) is 14.9. The fraction of sp³-hybridized carbons (Fsp3) is 0.421. The van der Waals surface area contributed by atoms with Gasteiger partial charge in [-0.25, -0.2) is 0 Å². The minimum absolute atomic E-state index is 0.179. The summed E-state index contributed by atoms with van der Waals surface area (Å²) in [5.74, 6) is 1.99. The maximum atomic E-state index is 12.1. The summed E-state index contributed by atoms with van der Waals surface area (Å²) in [6.45, 7) is 5.04. The van der Waals surface area contributed by atoms with Gasteiger partial charge in [0.25, 0.3) is 0 Å². The van der Waals surface area contributed by atoms with Gasteiger partial charge in [0.2, 0.25) is 5.43 Å². The number of H-pyrrole nitrogens is 1. The van der Waals surface area contributed by atoms with Gasteiger partial charge in [-0.3, -0.25) is 9.00 Å². The Hall–Kier alpha value is -2.08. The third-order valence-electron chi connectivity index (χ3n) is 3.52. The molecule has 0 fully saturated rings. The first-order chi connectivity index (χ1) is 12.1. The van der Waals surface area contributed by atoms with E-state index in [1.807, 2.05) is 38.1 Å². The Morgan fingerprint density at radius 1 is 1.12 bits per heavy atom. The Kier molecular flexibility index (Phi) is 7.73. The molecule has 0 saturated heterocycles. The van der Waals surface area contributed by atoms with Gasteiger partial charge < -0.3 is 14.5 Å². The van der Waals surface area contributed by atoms with Crippen LogP contribution in [0, 0.1) is 6.92 Å². The first kappa shape index (κ1) is 19.2. The van der Waals surface area contributed by atoms with Crippen molar-refractivity contribution in [3.8, 4) is 11.5 Å². The molecule has 1 atom stereocenters. The molecule has 136 valence electrons. The van der Waals surface area contributed by atoms with Crippen LogP contribution in [-0.2, 0) is 16.6 Å². The Morgan fingerprint density at radius 3 is 2.56 bits per heavy atom. The Bertz CT molecular complexity index is 740. The molecule has 6 heteroatoms. The number of hydrogen-bond acceptors (Lipinski definition) is 4. The van der Waals surface area contributed by atoms with Crippen LogP contribution in [0.3, 0.4) is 0 Å². The van der Waals surface area contributed by atoms with Crippen molar-refractivity contribution in [2.24, 2.45) is 0 Å². The minimum atomic E-state index is -1.04. The van der Waals surface area contributed by atoms with Gasteiger partial charge in [0.15, 0.2) is 5.75 Å². The third-order valence-corrected chi connectivity index (χ3v) is 4.90. The van der Waals surface area contributed by atoms with E-state index < -0.39 is 10.8 Å². The standard InChI is InChI=1S/C19H25NO4S/c1-3-9-24-19-13-20-16(12-18(19)21)14-25(22)11-4-10-23-17-7-5-15(2)6-8-17/h5-8,12-13H,3-4,9-11,14H2,1-2H3,(H,20,21). The number of nitrogens with one attached hydrogen (secondary N) is 1. The van der Waals surface area contributed by atoms with Gasteiger partial charge in [-0.15, -0.1) is 0 Å². The summed E-state index contributed by atoms with van der Waals surface area (Å²) in [7, 11) is -1.04. The van der Waals surface area contributed by atoms with Gasteiger partial charge in [0, 0.05) is 34.5 Å². The second-order valence-electron chi connectivity index (χ2n) is 5.84. The number of rotatable bonds is 10. The van der Waals surface area contributed by atoms with E-state index >= 15 is 0 Å². The number of pyridine rings is 1. The summed E-state index contributed by atoms with van der Waals surface area (Å²) < 4.78 is 23.1. The quantitative estimate of drug-likeness (QED) is 0.658. The van der Waals surface area contributed by atoms with Crippen LogP contribution < -0.4 is 14.9 Å². The lowest BCUT2D eigenvalue weighted by molar-refractivity contribution is 0.313. The highest BCUT2D eigenvalue weighted by atomic mass is 32.2. The zero-order valence-corrected chi connectivity index (χ0v) is 15.6. The molecule has 0 spiro atoms. The monoisotopic (exact) mass is 363 g/mol. The number of benzene rings is 1. The topological polar surface area (TPSA) is 68.4 Å². The summed E-state index contributed by atoms with van der Waals surface area (Å²) >= 11 is 0. The molecule has 25 heavy (non-hydrogen) atoms. The highest BCUT2D eigenvalue weighted by Gasteiger charge is 2.06. The molecule has 0 radical (unpaired) electrons. The van der Waals surface area contributed by atoms with Crippen LogP contribution in [0.25, 0.3) is 0 Å². The van der Waals surface area contributed by atoms with E-state index in [0.29, 0.717) is 42.6 Å². The molecule has 1 heterocycles. The second-order valence-corrected chi connectivity index (χ2v) is 7.42. The average molecular weight is 363 g/mol. The lowest BCUT2D eigenvalue weighted by atomic mass is 10.2. The average Bonchev–Trinajstić information content (AvgIpc) is 2.59. The first-order valence-corrected chi connectivity index (χ1v) is 9.96. The van der Waals surface area contributed by atoms with Gasteiger partial charge in [-0.2, -0.15) is 0 Å². The van der Waals surface area contributed by atoms with Gasteiger partial charge in [-0.05, 0) is 31.9 Å². The molecule has 0 saturated carbocycles. The molecule has 2 rings (SSSR count). The van der Waals surface area contributed by atoms with Crippen molar-refractivity contribution in [1.29, 1.82) is 0 Å². The minimum Gasteiger partial charge on any atom is -0.494 e. The van der Waals surface area contributed by atoms with Gasteiger partial charge in [0.05, 0.1) is 19.0 Å². The Morgan fingerprint density at radius 2 is 1.88 bits per heavy atom. The molecule has 0 aliphatic carbocycles. The zero-order chi connectivity index (χ0) is 18.1. The fourth-order valence-corrected chi connectivity index (χ4v) is 3.30. The summed E-state index contributed by atoms with van der Waals surface area (Å²) in [5.41, 5.74) is 1.67. The number of aryl methyl sites for hydroxylation is 1. The van der Waals surface area contributed by atoms with Crippen molar-refractivity contribution in [3.63, 3.8) is 0 Å². The first-order valence-electron chi connectivity index (χ1n) is 8.47. The summed E-state index contributed by atoms with van der Waals surface area (Å²) in [5, 5.41) is 0. The van der Waals surface area contributed by atoms with Crippen LogP contribution in [0.4, 0.5) is 0 Å². The van der Waals surface area contributed by atoms with Crippen molar-refractivity contribution >= 4 is 10.8 Å². The maximum Gasteiger partial charge on any atom is 0.223 e. The number of aromatic amines is 1. The van der Waals surface area contributed by atoms with E-state index in [1.54, 1.807) is 6.20 Å². The third kappa shape index (κ3) is 6.74. The molecule has 1 N–H and O–H groups in total.